The van der Waals surface area contributed by atoms with Crippen molar-refractivity contribution in [2.24, 2.45) is 5.92 Å². The van der Waals surface area contributed by atoms with E-state index in [1.54, 1.807) is 7.11 Å². The second-order valence-electron chi connectivity index (χ2n) is 10.0. The average Bonchev–Trinajstić information content (AvgIpc) is 3.31. The molecule has 0 saturated carbocycles. The lowest BCUT2D eigenvalue weighted by Gasteiger charge is -2.32. The van der Waals surface area contributed by atoms with Crippen LogP contribution in [0, 0.1) is 5.92 Å². The number of carbonyl (C=O) groups is 1. The first-order chi connectivity index (χ1) is 17.2. The van der Waals surface area contributed by atoms with Gasteiger partial charge in [-0.25, -0.2) is 0 Å². The summed E-state index contributed by atoms with van der Waals surface area (Å²) in [6.07, 6.45) is 5.08. The zero-order chi connectivity index (χ0) is 24.0. The molecular weight excluding hydrogens is 432 g/mol. The van der Waals surface area contributed by atoms with E-state index < -0.39 is 0 Å². The normalized spacial score (nSPS) is 16.3. The van der Waals surface area contributed by atoms with Crippen molar-refractivity contribution in [1.29, 1.82) is 0 Å². The number of rotatable bonds is 9. The average molecular weight is 469 g/mol. The first-order valence-corrected chi connectivity index (χ1v) is 13.0. The minimum Gasteiger partial charge on any atom is -0.497 e. The first-order valence-electron chi connectivity index (χ1n) is 13.0. The number of hydrogen-bond donors (Lipinski definition) is 0. The van der Waals surface area contributed by atoms with Gasteiger partial charge in [-0.15, -0.1) is 0 Å². The second kappa shape index (κ2) is 11.1. The van der Waals surface area contributed by atoms with Crippen molar-refractivity contribution in [2.45, 2.75) is 45.2 Å². The van der Waals surface area contributed by atoms with Gasteiger partial charge in [0.1, 0.15) is 5.75 Å². The second-order valence-corrected chi connectivity index (χ2v) is 10.0. The van der Waals surface area contributed by atoms with Gasteiger partial charge >= 0.3 is 0 Å². The van der Waals surface area contributed by atoms with Gasteiger partial charge in [-0.3, -0.25) is 9.69 Å². The van der Waals surface area contributed by atoms with E-state index in [1.165, 1.54) is 35.2 Å². The topological polar surface area (TPSA) is 32.8 Å². The van der Waals surface area contributed by atoms with Crippen molar-refractivity contribution in [3.05, 3.63) is 95.1 Å². The number of nitrogens with zero attached hydrogens (tertiary/aromatic N) is 2. The molecule has 0 aliphatic carbocycles. The Morgan fingerprint density at radius 1 is 0.886 bits per heavy atom. The monoisotopic (exact) mass is 468 g/mol. The minimum atomic E-state index is 0.299. The van der Waals surface area contributed by atoms with Crippen LogP contribution >= 0.6 is 0 Å². The molecule has 0 atom stereocenters. The number of piperidine rings is 1. The van der Waals surface area contributed by atoms with Gasteiger partial charge in [0.15, 0.2) is 5.78 Å². The lowest BCUT2D eigenvalue weighted by Crippen LogP contribution is -2.33. The maximum Gasteiger partial charge on any atom is 0.162 e. The molecule has 4 nitrogen and oxygen atoms in total. The van der Waals surface area contributed by atoms with E-state index in [2.05, 4.69) is 64.4 Å². The predicted octanol–water partition coefficient (Wildman–Crippen LogP) is 6.13. The van der Waals surface area contributed by atoms with Crippen molar-refractivity contribution in [2.75, 3.05) is 31.6 Å². The van der Waals surface area contributed by atoms with Gasteiger partial charge in [-0.05, 0) is 91.7 Å². The fraction of sp³-hybridized carbons (Fsp3) is 0.387. The van der Waals surface area contributed by atoms with Crippen LogP contribution in [0.2, 0.25) is 0 Å². The van der Waals surface area contributed by atoms with Crippen LogP contribution in [0.15, 0.2) is 72.8 Å². The quantitative estimate of drug-likeness (QED) is 0.354. The molecule has 0 bridgehead atoms. The molecule has 0 N–H and O–H groups in total. The van der Waals surface area contributed by atoms with Gasteiger partial charge in [0.25, 0.3) is 0 Å². The van der Waals surface area contributed by atoms with E-state index in [0.717, 1.165) is 56.9 Å². The number of carbonyl (C=O) groups excluding carboxylic acids is 1. The lowest BCUT2D eigenvalue weighted by molar-refractivity contribution is 0.0961. The van der Waals surface area contributed by atoms with Crippen molar-refractivity contribution < 1.29 is 9.53 Å². The fourth-order valence-corrected chi connectivity index (χ4v) is 5.51. The number of methoxy groups -OCH3 is 1. The highest BCUT2D eigenvalue weighted by Gasteiger charge is 2.23. The Hall–Kier alpha value is -3.11. The molecule has 3 aromatic rings. The molecule has 0 amide bonds. The highest BCUT2D eigenvalue weighted by Crippen LogP contribution is 2.31. The van der Waals surface area contributed by atoms with Gasteiger partial charge in [-0.2, -0.15) is 0 Å². The molecule has 2 aliphatic rings. The van der Waals surface area contributed by atoms with Crippen LogP contribution in [0.1, 0.15) is 52.7 Å². The summed E-state index contributed by atoms with van der Waals surface area (Å²) in [5.41, 5.74) is 6.12. The van der Waals surface area contributed by atoms with Gasteiger partial charge < -0.3 is 9.64 Å². The van der Waals surface area contributed by atoms with Crippen LogP contribution in [0.5, 0.6) is 5.75 Å². The molecule has 1 saturated heterocycles. The summed E-state index contributed by atoms with van der Waals surface area (Å²) < 4.78 is 5.27. The molecule has 182 valence electrons. The van der Waals surface area contributed by atoms with Crippen LogP contribution in [-0.2, 0) is 19.5 Å². The van der Waals surface area contributed by atoms with Crippen LogP contribution < -0.4 is 9.64 Å². The van der Waals surface area contributed by atoms with Crippen molar-refractivity contribution in [1.82, 2.24) is 4.90 Å². The summed E-state index contributed by atoms with van der Waals surface area (Å²) in [6, 6.07) is 25.3. The third-order valence-electron chi connectivity index (χ3n) is 7.66. The number of anilines is 1. The molecule has 0 spiro atoms. The van der Waals surface area contributed by atoms with Crippen LogP contribution in [0.25, 0.3) is 0 Å². The van der Waals surface area contributed by atoms with Gasteiger partial charge in [-0.1, -0.05) is 42.5 Å². The Bertz CT molecular complexity index is 1120. The summed E-state index contributed by atoms with van der Waals surface area (Å²) in [7, 11) is 1.69. The molecule has 0 unspecified atom stereocenters. The zero-order valence-corrected chi connectivity index (χ0v) is 20.8. The molecular formula is C31H36N2O2. The molecule has 1 fully saturated rings. The molecule has 0 aromatic heterocycles. The van der Waals surface area contributed by atoms with Crippen molar-refractivity contribution in [3.63, 3.8) is 0 Å². The number of Topliss-reactive ketones (excluding diaryl/α,β-unsaturated/α-hetero) is 1. The maximum absolute atomic E-state index is 13.0. The number of benzene rings is 3. The number of hydrogen-bond acceptors (Lipinski definition) is 4. The Morgan fingerprint density at radius 3 is 2.37 bits per heavy atom. The lowest BCUT2D eigenvalue weighted by atomic mass is 9.90. The van der Waals surface area contributed by atoms with E-state index in [-0.39, 0.29) is 0 Å². The van der Waals surface area contributed by atoms with E-state index in [4.69, 9.17) is 4.74 Å². The summed E-state index contributed by atoms with van der Waals surface area (Å²) in [4.78, 5) is 17.9. The number of fused-ring (bicyclic) bond motifs is 1. The van der Waals surface area contributed by atoms with Crippen molar-refractivity contribution >= 4 is 11.5 Å². The third-order valence-corrected chi connectivity index (χ3v) is 7.66. The van der Waals surface area contributed by atoms with Gasteiger partial charge in [0.2, 0.25) is 0 Å². The largest absolute Gasteiger partial charge is 0.497 e. The highest BCUT2D eigenvalue weighted by molar-refractivity contribution is 5.96. The van der Waals surface area contributed by atoms with Crippen LogP contribution in [0.3, 0.4) is 0 Å². The number of likely N-dealkylation sites (tertiary alicyclic amines) is 1. The molecule has 0 radical (unpaired) electrons. The predicted molar refractivity (Wildman–Crippen MR) is 142 cm³/mol. The van der Waals surface area contributed by atoms with E-state index >= 15 is 0 Å². The van der Waals surface area contributed by atoms with Crippen molar-refractivity contribution in [3.8, 4) is 5.75 Å². The Kier molecular flexibility index (Phi) is 7.48. The molecule has 2 aliphatic heterocycles. The van der Waals surface area contributed by atoms with Crippen LogP contribution in [-0.4, -0.2) is 37.4 Å². The number of ketones is 1. The van der Waals surface area contributed by atoms with Gasteiger partial charge in [0, 0.05) is 37.3 Å². The molecule has 4 heteroatoms. The molecule has 3 aromatic carbocycles. The van der Waals surface area contributed by atoms with E-state index in [0.29, 0.717) is 18.1 Å². The van der Waals surface area contributed by atoms with E-state index in [1.807, 2.05) is 18.2 Å². The summed E-state index contributed by atoms with van der Waals surface area (Å²) in [5, 5.41) is 0. The Labute approximate surface area is 209 Å². The molecule has 5 rings (SSSR count). The van der Waals surface area contributed by atoms with Gasteiger partial charge in [0.05, 0.1) is 7.11 Å². The standard InChI is InChI=1S/C31H36N2O2/c1-35-29-11-7-26(8-12-29)23-33-20-17-27-21-28(10-13-30(27)33)31(34)14-9-24-15-18-32(19-16-24)22-25-5-3-2-4-6-25/h2-8,10-13,21,24H,9,14-20,22-23H2,1H3. The highest BCUT2D eigenvalue weighted by atomic mass is 16.5. The maximum atomic E-state index is 13.0. The Balaban J connectivity index is 1.10. The number of ether oxygens (including phenoxy) is 1. The minimum absolute atomic E-state index is 0.299. The molecule has 35 heavy (non-hydrogen) atoms. The molecule has 2 heterocycles. The fourth-order valence-electron chi connectivity index (χ4n) is 5.51. The van der Waals surface area contributed by atoms with E-state index in [9.17, 15) is 4.79 Å². The Morgan fingerprint density at radius 2 is 1.63 bits per heavy atom. The summed E-state index contributed by atoms with van der Waals surface area (Å²) in [5.74, 6) is 1.85. The van der Waals surface area contributed by atoms with Crippen LogP contribution in [0.4, 0.5) is 5.69 Å². The summed E-state index contributed by atoms with van der Waals surface area (Å²) in [6.45, 7) is 5.19. The first kappa shape index (κ1) is 23.6. The SMILES string of the molecule is COc1ccc(CN2CCc3cc(C(=O)CCC4CCN(Cc5ccccc5)CC4)ccc32)cc1. The zero-order valence-electron chi connectivity index (χ0n) is 20.8. The smallest absolute Gasteiger partial charge is 0.162 e. The summed E-state index contributed by atoms with van der Waals surface area (Å²) >= 11 is 0. The third kappa shape index (κ3) is 5.94.